The number of amides is 3. The molecule has 2 heterocycles. The van der Waals surface area contributed by atoms with Crippen LogP contribution >= 0.6 is 11.8 Å². The lowest BCUT2D eigenvalue weighted by atomic mass is 10.1. The summed E-state index contributed by atoms with van der Waals surface area (Å²) in [6.45, 7) is 13.8. The molecule has 1 N–H and O–H groups in total. The van der Waals surface area contributed by atoms with Gasteiger partial charge in [0, 0.05) is 29.4 Å². The molecule has 0 radical (unpaired) electrons. The maximum atomic E-state index is 14.5. The first kappa shape index (κ1) is 38.4. The molecular weight excluding hydrogens is 665 g/mol. The number of nitrogens with zero attached hydrogens (tertiary/aromatic N) is 3. The van der Waals surface area contributed by atoms with Gasteiger partial charge in [0.15, 0.2) is 17.5 Å². The number of cyclic esters (lactones) is 1. The summed E-state index contributed by atoms with van der Waals surface area (Å²) in [5.41, 5.74) is -0.141. The number of aliphatic imine (C=N–C) groups is 1. The molecule has 0 aromatic heterocycles. The Labute approximate surface area is 295 Å². The summed E-state index contributed by atoms with van der Waals surface area (Å²) >= 11 is 1.54. The minimum Gasteiger partial charge on any atom is -0.433 e. The molecular formula is C36H50N4O7S2. The molecule has 2 aromatic rings. The second kappa shape index (κ2) is 16.1. The normalized spacial score (nSPS) is 17.4. The van der Waals surface area contributed by atoms with Crippen molar-refractivity contribution < 1.29 is 32.3 Å². The van der Waals surface area contributed by atoms with Crippen molar-refractivity contribution in [3.63, 3.8) is 0 Å². The number of para-hydroxylation sites is 1. The number of carbonyl (C=O) groups is 3. The third kappa shape index (κ3) is 9.43. The Morgan fingerprint density at radius 1 is 1.02 bits per heavy atom. The van der Waals surface area contributed by atoms with Gasteiger partial charge in [0.1, 0.15) is 4.90 Å². The van der Waals surface area contributed by atoms with Crippen molar-refractivity contribution in [2.45, 2.75) is 120 Å². The molecule has 1 unspecified atom stereocenters. The van der Waals surface area contributed by atoms with Crippen LogP contribution in [-0.4, -0.2) is 77.5 Å². The SMILES string of the molecule is CCCCCCCCOCCCN1C(C(C(=O)Nc2cc(C)ccc2SC(C)(C)C)N2C(=O)OC(C)(C)C2=O)=Nc2ccccc2S1(=O)=O. The van der Waals surface area contributed by atoms with Crippen molar-refractivity contribution in [3.8, 4) is 0 Å². The molecule has 49 heavy (non-hydrogen) atoms. The van der Waals surface area contributed by atoms with E-state index in [1.807, 2.05) is 39.8 Å². The van der Waals surface area contributed by atoms with E-state index < -0.39 is 39.6 Å². The summed E-state index contributed by atoms with van der Waals surface area (Å²) in [6, 6.07) is 10.1. The van der Waals surface area contributed by atoms with Crippen LogP contribution in [0.4, 0.5) is 16.2 Å². The Hall–Kier alpha value is -3.42. The van der Waals surface area contributed by atoms with Crippen molar-refractivity contribution in [3.05, 3.63) is 48.0 Å². The van der Waals surface area contributed by atoms with Crippen molar-refractivity contribution in [1.29, 1.82) is 0 Å². The number of benzene rings is 2. The average molecular weight is 715 g/mol. The quantitative estimate of drug-likeness (QED) is 0.140. The second-order valence-corrected chi connectivity index (χ2v) is 17.6. The smallest absolute Gasteiger partial charge is 0.418 e. The maximum Gasteiger partial charge on any atom is 0.418 e. The number of fused-ring (bicyclic) bond motifs is 1. The number of imide groups is 1. The predicted molar refractivity (Wildman–Crippen MR) is 193 cm³/mol. The molecule has 0 aliphatic carbocycles. The first-order valence-corrected chi connectivity index (χ1v) is 19.3. The predicted octanol–water partition coefficient (Wildman–Crippen LogP) is 7.45. The molecule has 11 nitrogen and oxygen atoms in total. The lowest BCUT2D eigenvalue weighted by Crippen LogP contribution is -2.59. The van der Waals surface area contributed by atoms with Crippen LogP contribution in [0.5, 0.6) is 0 Å². The topological polar surface area (TPSA) is 135 Å². The summed E-state index contributed by atoms with van der Waals surface area (Å²) in [4.78, 5) is 47.6. The lowest BCUT2D eigenvalue weighted by molar-refractivity contribution is -0.137. The Morgan fingerprint density at radius 3 is 2.37 bits per heavy atom. The highest BCUT2D eigenvalue weighted by Crippen LogP contribution is 2.39. The van der Waals surface area contributed by atoms with Crippen molar-refractivity contribution in [1.82, 2.24) is 9.21 Å². The third-order valence-electron chi connectivity index (χ3n) is 8.05. The first-order chi connectivity index (χ1) is 23.1. The molecule has 0 saturated carbocycles. The first-order valence-electron chi connectivity index (χ1n) is 17.0. The number of amidine groups is 1. The minimum atomic E-state index is -4.25. The van der Waals surface area contributed by atoms with Crippen molar-refractivity contribution >= 4 is 56.9 Å². The molecule has 1 atom stereocenters. The standard InChI is InChI=1S/C36H50N4O7S2/c1-8-9-10-11-12-15-22-46-23-16-21-39-31(37-26-17-13-14-18-29(26)49(39,44)45)30(40-33(42)36(6,7)47-34(40)43)32(41)38-27-24-25(2)19-20-28(27)48-35(3,4)5/h13-14,17-20,24,30H,8-12,15-16,21-23H2,1-7H3,(H,38,41). The molecule has 2 aliphatic heterocycles. The number of hydrogen-bond acceptors (Lipinski definition) is 9. The van der Waals surface area contributed by atoms with Gasteiger partial charge in [-0.05, 0) is 63.4 Å². The largest absolute Gasteiger partial charge is 0.433 e. The van der Waals surface area contributed by atoms with Crippen LogP contribution in [0.25, 0.3) is 0 Å². The van der Waals surface area contributed by atoms with E-state index >= 15 is 0 Å². The summed E-state index contributed by atoms with van der Waals surface area (Å²) in [6.07, 6.45) is 5.96. The zero-order chi connectivity index (χ0) is 36.0. The number of anilines is 1. The highest BCUT2D eigenvalue weighted by Gasteiger charge is 2.55. The van der Waals surface area contributed by atoms with Gasteiger partial charge in [-0.2, -0.15) is 0 Å². The number of sulfonamides is 1. The van der Waals surface area contributed by atoms with Crippen LogP contribution in [0.2, 0.25) is 0 Å². The van der Waals surface area contributed by atoms with E-state index in [4.69, 9.17) is 9.47 Å². The van der Waals surface area contributed by atoms with Crippen molar-refractivity contribution in [2.24, 2.45) is 4.99 Å². The molecule has 13 heteroatoms. The van der Waals surface area contributed by atoms with Gasteiger partial charge >= 0.3 is 6.09 Å². The second-order valence-electron chi connectivity index (χ2n) is 13.9. The molecule has 1 saturated heterocycles. The van der Waals surface area contributed by atoms with E-state index in [0.29, 0.717) is 23.6 Å². The molecule has 3 amide bonds. The minimum absolute atomic E-state index is 0.0379. The molecule has 0 bridgehead atoms. The fourth-order valence-corrected chi connectivity index (χ4v) is 8.27. The summed E-state index contributed by atoms with van der Waals surface area (Å²) in [7, 11) is -4.25. The zero-order valence-electron chi connectivity index (χ0n) is 29.7. The van der Waals surface area contributed by atoms with Crippen LogP contribution in [0.3, 0.4) is 0 Å². The highest BCUT2D eigenvalue weighted by molar-refractivity contribution is 8.00. The Kier molecular flexibility index (Phi) is 12.6. The highest BCUT2D eigenvalue weighted by atomic mass is 32.2. The van der Waals surface area contributed by atoms with Gasteiger partial charge in [0.05, 0.1) is 11.4 Å². The fourth-order valence-electron chi connectivity index (χ4n) is 5.64. The van der Waals surface area contributed by atoms with Gasteiger partial charge < -0.3 is 14.8 Å². The van der Waals surface area contributed by atoms with Gasteiger partial charge in [-0.15, -0.1) is 11.8 Å². The third-order valence-corrected chi connectivity index (χ3v) is 11.1. The van der Waals surface area contributed by atoms with Crippen LogP contribution in [-0.2, 0) is 29.1 Å². The summed E-state index contributed by atoms with van der Waals surface area (Å²) in [5, 5.41) is 2.91. The van der Waals surface area contributed by atoms with E-state index in [1.165, 1.54) is 57.0 Å². The van der Waals surface area contributed by atoms with Crippen LogP contribution in [0.15, 0.2) is 57.2 Å². The Morgan fingerprint density at radius 2 is 1.69 bits per heavy atom. The molecule has 2 aliphatic rings. The molecule has 0 spiro atoms. The molecule has 1 fully saturated rings. The van der Waals surface area contributed by atoms with Crippen LogP contribution < -0.4 is 5.32 Å². The molecule has 4 rings (SSSR count). The van der Waals surface area contributed by atoms with Gasteiger partial charge in [0.2, 0.25) is 0 Å². The number of thioether (sulfide) groups is 1. The number of aryl methyl sites for hydroxylation is 1. The molecule has 2 aromatic carbocycles. The average Bonchev–Trinajstić information content (AvgIpc) is 3.21. The summed E-state index contributed by atoms with van der Waals surface area (Å²) in [5.74, 6) is -1.86. The van der Waals surface area contributed by atoms with Crippen LogP contribution in [0, 0.1) is 6.92 Å². The zero-order valence-corrected chi connectivity index (χ0v) is 31.3. The van der Waals surface area contributed by atoms with E-state index in [9.17, 15) is 22.8 Å². The molecule has 268 valence electrons. The number of carbonyl (C=O) groups excluding carboxylic acids is 3. The lowest BCUT2D eigenvalue weighted by Gasteiger charge is -2.35. The van der Waals surface area contributed by atoms with Crippen molar-refractivity contribution in [2.75, 3.05) is 25.1 Å². The van der Waals surface area contributed by atoms with Gasteiger partial charge in [-0.1, -0.05) is 78.0 Å². The van der Waals surface area contributed by atoms with E-state index in [1.54, 1.807) is 18.2 Å². The number of nitrogens with one attached hydrogen (secondary N) is 1. The van der Waals surface area contributed by atoms with Gasteiger partial charge in [-0.3, -0.25) is 13.9 Å². The van der Waals surface area contributed by atoms with Gasteiger partial charge in [0.25, 0.3) is 21.8 Å². The summed E-state index contributed by atoms with van der Waals surface area (Å²) < 4.78 is 40.5. The van der Waals surface area contributed by atoms with E-state index in [-0.39, 0.29) is 34.3 Å². The number of hydrogen-bond donors (Lipinski definition) is 1. The maximum absolute atomic E-state index is 14.5. The number of ether oxygens (including phenoxy) is 2. The van der Waals surface area contributed by atoms with Gasteiger partial charge in [-0.25, -0.2) is 23.1 Å². The Bertz CT molecular complexity index is 1670. The van der Waals surface area contributed by atoms with E-state index in [0.717, 1.165) is 34.0 Å². The number of rotatable bonds is 16. The monoisotopic (exact) mass is 714 g/mol. The Balaban J connectivity index is 1.70. The fraction of sp³-hybridized carbons (Fsp3) is 0.556. The van der Waals surface area contributed by atoms with E-state index in [2.05, 4.69) is 17.2 Å². The van der Waals surface area contributed by atoms with Crippen LogP contribution in [0.1, 0.15) is 92.1 Å². The number of unbranched alkanes of at least 4 members (excludes halogenated alkanes) is 5.